The topological polar surface area (TPSA) is 109 Å². The maximum Gasteiger partial charge on any atom is 0.354 e. The molecule has 0 aliphatic heterocycles. The van der Waals surface area contributed by atoms with Gasteiger partial charge in [-0.2, -0.15) is 0 Å². The van der Waals surface area contributed by atoms with E-state index in [2.05, 4.69) is 14.7 Å². The predicted octanol–water partition coefficient (Wildman–Crippen LogP) is 1.16. The third kappa shape index (κ3) is 4.53. The van der Waals surface area contributed by atoms with E-state index in [1.807, 2.05) is 0 Å². The molecule has 8 heteroatoms. The zero-order valence-electron chi connectivity index (χ0n) is 10.9. The molecule has 7 nitrogen and oxygen atoms in total. The van der Waals surface area contributed by atoms with Gasteiger partial charge in [-0.05, 0) is 36.2 Å². The number of sulfonamides is 1. The molecule has 2 aromatic rings. The lowest BCUT2D eigenvalue weighted by Gasteiger charge is -2.07. The molecule has 0 spiro atoms. The lowest BCUT2D eigenvalue weighted by atomic mass is 10.2. The van der Waals surface area contributed by atoms with Crippen LogP contribution in [0.15, 0.2) is 42.9 Å². The van der Waals surface area contributed by atoms with Crippen LogP contribution in [0.1, 0.15) is 16.1 Å². The Morgan fingerprint density at radius 2 is 1.90 bits per heavy atom. The molecule has 0 atom stereocenters. The maximum absolute atomic E-state index is 11.9. The largest absolute Gasteiger partial charge is 0.477 e. The second-order valence-corrected chi connectivity index (χ2v) is 6.11. The van der Waals surface area contributed by atoms with Crippen molar-refractivity contribution >= 4 is 21.7 Å². The summed E-state index contributed by atoms with van der Waals surface area (Å²) in [4.78, 5) is 18.2. The number of carboxylic acids is 1. The van der Waals surface area contributed by atoms with Crippen molar-refractivity contribution in [2.75, 3.05) is 10.5 Å². The highest BCUT2D eigenvalue weighted by atomic mass is 32.2. The van der Waals surface area contributed by atoms with Gasteiger partial charge in [0.2, 0.25) is 10.0 Å². The Hall–Kier alpha value is -2.48. The molecular formula is C13H13N3O4S. The molecule has 2 heterocycles. The Morgan fingerprint density at radius 3 is 2.48 bits per heavy atom. The van der Waals surface area contributed by atoms with Crippen molar-refractivity contribution in [3.63, 3.8) is 0 Å². The van der Waals surface area contributed by atoms with E-state index < -0.39 is 16.0 Å². The highest BCUT2D eigenvalue weighted by Gasteiger charge is 2.12. The van der Waals surface area contributed by atoms with Crippen molar-refractivity contribution in [3.05, 3.63) is 54.1 Å². The van der Waals surface area contributed by atoms with Crippen LogP contribution in [0.25, 0.3) is 0 Å². The van der Waals surface area contributed by atoms with Crippen LogP contribution in [0.2, 0.25) is 0 Å². The average Bonchev–Trinajstić information content (AvgIpc) is 2.46. The fourth-order valence-corrected chi connectivity index (χ4v) is 2.70. The monoisotopic (exact) mass is 307 g/mol. The van der Waals surface area contributed by atoms with Crippen LogP contribution >= 0.6 is 0 Å². The van der Waals surface area contributed by atoms with E-state index in [-0.39, 0.29) is 17.1 Å². The third-order valence-corrected chi connectivity index (χ3v) is 3.95. The van der Waals surface area contributed by atoms with Crippen LogP contribution in [0, 0.1) is 0 Å². The molecule has 21 heavy (non-hydrogen) atoms. The first-order valence-electron chi connectivity index (χ1n) is 6.05. The molecule has 0 aliphatic rings. The van der Waals surface area contributed by atoms with Gasteiger partial charge in [0.05, 0.1) is 17.6 Å². The highest BCUT2D eigenvalue weighted by molar-refractivity contribution is 7.92. The fourth-order valence-electron chi connectivity index (χ4n) is 1.61. The van der Waals surface area contributed by atoms with E-state index in [1.165, 1.54) is 18.3 Å². The van der Waals surface area contributed by atoms with E-state index in [4.69, 9.17) is 5.11 Å². The second-order valence-electron chi connectivity index (χ2n) is 4.26. The van der Waals surface area contributed by atoms with E-state index in [0.717, 1.165) is 5.56 Å². The summed E-state index contributed by atoms with van der Waals surface area (Å²) in [5, 5.41) is 8.71. The van der Waals surface area contributed by atoms with Gasteiger partial charge in [-0.3, -0.25) is 9.71 Å². The highest BCUT2D eigenvalue weighted by Crippen LogP contribution is 2.10. The van der Waals surface area contributed by atoms with Gasteiger partial charge in [-0.15, -0.1) is 0 Å². The van der Waals surface area contributed by atoms with Crippen LogP contribution in [0.3, 0.4) is 0 Å². The first kappa shape index (κ1) is 14.9. The minimum absolute atomic E-state index is 0.0856. The summed E-state index contributed by atoms with van der Waals surface area (Å²) < 4.78 is 26.2. The van der Waals surface area contributed by atoms with Crippen molar-refractivity contribution in [1.82, 2.24) is 9.97 Å². The van der Waals surface area contributed by atoms with E-state index in [9.17, 15) is 13.2 Å². The van der Waals surface area contributed by atoms with Crippen LogP contribution in [-0.2, 0) is 16.4 Å². The van der Waals surface area contributed by atoms with Crippen LogP contribution < -0.4 is 4.72 Å². The van der Waals surface area contributed by atoms with Gasteiger partial charge in [-0.1, -0.05) is 0 Å². The van der Waals surface area contributed by atoms with E-state index >= 15 is 0 Å². The number of hydrogen-bond acceptors (Lipinski definition) is 5. The number of pyridine rings is 2. The first-order chi connectivity index (χ1) is 9.96. The summed E-state index contributed by atoms with van der Waals surface area (Å²) in [7, 11) is -3.52. The van der Waals surface area contributed by atoms with Crippen molar-refractivity contribution in [2.24, 2.45) is 0 Å². The second kappa shape index (κ2) is 6.31. The molecule has 0 saturated carbocycles. The number of aromatic nitrogens is 2. The Kier molecular flexibility index (Phi) is 4.49. The van der Waals surface area contributed by atoms with Crippen molar-refractivity contribution in [2.45, 2.75) is 6.42 Å². The number of aromatic carboxylic acids is 1. The number of nitrogens with one attached hydrogen (secondary N) is 1. The summed E-state index contributed by atoms with van der Waals surface area (Å²) in [6.07, 6.45) is 4.74. The standard InChI is InChI=1S/C13H13N3O4S/c17-13(18)12-2-1-11(9-15-12)16-21(19,20)8-5-10-3-6-14-7-4-10/h1-4,6-7,9,16H,5,8H2,(H,17,18). The minimum atomic E-state index is -3.52. The lowest BCUT2D eigenvalue weighted by molar-refractivity contribution is 0.0690. The first-order valence-corrected chi connectivity index (χ1v) is 7.70. The van der Waals surface area contributed by atoms with Crippen LogP contribution in [-0.4, -0.2) is 35.2 Å². The summed E-state index contributed by atoms with van der Waals surface area (Å²) in [5.74, 6) is -1.25. The molecule has 0 aliphatic carbocycles. The lowest BCUT2D eigenvalue weighted by Crippen LogP contribution is -2.18. The molecule has 0 saturated heterocycles. The van der Waals surface area contributed by atoms with Crippen LogP contribution in [0.5, 0.6) is 0 Å². The molecule has 0 fully saturated rings. The zero-order chi connectivity index (χ0) is 15.3. The normalized spacial score (nSPS) is 11.0. The van der Waals surface area contributed by atoms with Gasteiger partial charge < -0.3 is 5.11 Å². The van der Waals surface area contributed by atoms with Gasteiger partial charge in [0.25, 0.3) is 0 Å². The molecule has 110 valence electrons. The van der Waals surface area contributed by atoms with Gasteiger partial charge in [-0.25, -0.2) is 18.2 Å². The van der Waals surface area contributed by atoms with Crippen molar-refractivity contribution in [1.29, 1.82) is 0 Å². The summed E-state index contributed by atoms with van der Waals surface area (Å²) in [6.45, 7) is 0. The van der Waals surface area contributed by atoms with E-state index in [0.29, 0.717) is 6.42 Å². The van der Waals surface area contributed by atoms with Crippen LogP contribution in [0.4, 0.5) is 5.69 Å². The Labute approximate surface area is 121 Å². The Morgan fingerprint density at radius 1 is 1.19 bits per heavy atom. The number of carbonyl (C=O) groups is 1. The smallest absolute Gasteiger partial charge is 0.354 e. The Balaban J connectivity index is 1.99. The van der Waals surface area contributed by atoms with Gasteiger partial charge in [0, 0.05) is 12.4 Å². The minimum Gasteiger partial charge on any atom is -0.477 e. The number of aryl methyl sites for hydroxylation is 1. The van der Waals surface area contributed by atoms with Gasteiger partial charge in [0.1, 0.15) is 5.69 Å². The van der Waals surface area contributed by atoms with Crippen molar-refractivity contribution < 1.29 is 18.3 Å². The van der Waals surface area contributed by atoms with E-state index in [1.54, 1.807) is 24.5 Å². The SMILES string of the molecule is O=C(O)c1ccc(NS(=O)(=O)CCc2ccncc2)cn1. The molecule has 0 aromatic carbocycles. The summed E-state index contributed by atoms with van der Waals surface area (Å²) in [5.41, 5.74) is 0.958. The molecule has 0 amide bonds. The number of hydrogen-bond donors (Lipinski definition) is 2. The predicted molar refractivity (Wildman–Crippen MR) is 76.5 cm³/mol. The third-order valence-electron chi connectivity index (χ3n) is 2.66. The number of anilines is 1. The molecule has 0 radical (unpaired) electrons. The molecule has 0 bridgehead atoms. The van der Waals surface area contributed by atoms with Gasteiger partial charge in [0.15, 0.2) is 0 Å². The van der Waals surface area contributed by atoms with Gasteiger partial charge >= 0.3 is 5.97 Å². The molecule has 2 aromatic heterocycles. The quantitative estimate of drug-likeness (QED) is 0.828. The average molecular weight is 307 g/mol. The zero-order valence-corrected chi connectivity index (χ0v) is 11.7. The number of nitrogens with zero attached hydrogens (tertiary/aromatic N) is 2. The number of carboxylic acid groups (broad SMARTS) is 1. The van der Waals surface area contributed by atoms with Crippen molar-refractivity contribution in [3.8, 4) is 0 Å². The maximum atomic E-state index is 11.9. The molecule has 0 unspecified atom stereocenters. The molecular weight excluding hydrogens is 294 g/mol. The Bertz CT molecular complexity index is 715. The summed E-state index contributed by atoms with van der Waals surface area (Å²) >= 11 is 0. The fraction of sp³-hybridized carbons (Fsp3) is 0.154. The molecule has 2 N–H and O–H groups in total. The molecule has 2 rings (SSSR count). The number of rotatable bonds is 6. The summed E-state index contributed by atoms with van der Waals surface area (Å²) in [6, 6.07) is 6.10.